The van der Waals surface area contributed by atoms with Gasteiger partial charge in [0.1, 0.15) is 4.90 Å². The molecule has 1 aromatic carbocycles. The zero-order valence-electron chi connectivity index (χ0n) is 9.31. The Hall–Kier alpha value is -2.32. The summed E-state index contributed by atoms with van der Waals surface area (Å²) >= 11 is 0. The first-order chi connectivity index (χ1) is 8.86. The Morgan fingerprint density at radius 3 is 2.16 bits per heavy atom. The van der Waals surface area contributed by atoms with Crippen LogP contribution in [0.2, 0.25) is 0 Å². The summed E-state index contributed by atoms with van der Waals surface area (Å²) in [7, 11) is -4.77. The molecule has 2 rings (SSSR count). The number of hydrogen-bond acceptors (Lipinski definition) is 5. The van der Waals surface area contributed by atoms with Gasteiger partial charge >= 0.3 is 0 Å². The van der Waals surface area contributed by atoms with E-state index in [2.05, 4.69) is 0 Å². The first-order valence-corrected chi connectivity index (χ1v) is 6.42. The van der Waals surface area contributed by atoms with Gasteiger partial charge in [-0.05, 0) is 6.07 Å². The van der Waals surface area contributed by atoms with Gasteiger partial charge < -0.3 is 0 Å². The average Bonchev–Trinajstić information content (AvgIpc) is 2.67. The third kappa shape index (κ3) is 2.18. The van der Waals surface area contributed by atoms with Crippen molar-refractivity contribution in [1.82, 2.24) is 0 Å². The maximum Gasteiger partial charge on any atom is 0.297 e. The summed E-state index contributed by atoms with van der Waals surface area (Å²) in [6.45, 7) is 0. The molecule has 19 heavy (non-hydrogen) atoms. The smallest absolute Gasteiger partial charge is 0.297 e. The van der Waals surface area contributed by atoms with Crippen molar-refractivity contribution in [1.29, 1.82) is 0 Å². The van der Waals surface area contributed by atoms with Crippen LogP contribution in [0.1, 0.15) is 10.4 Å². The molecule has 0 radical (unpaired) electrons. The van der Waals surface area contributed by atoms with Crippen molar-refractivity contribution in [3.8, 4) is 0 Å². The Bertz CT molecular complexity index is 701. The normalized spacial score (nSPS) is 15.1. The lowest BCUT2D eigenvalue weighted by Crippen LogP contribution is -2.31. The van der Waals surface area contributed by atoms with Crippen LogP contribution in [0.15, 0.2) is 35.2 Å². The topological polar surface area (TPSA) is 109 Å². The number of carbonyl (C=O) groups excluding carboxylic acids is 3. The molecule has 0 atom stereocenters. The summed E-state index contributed by atoms with van der Waals surface area (Å²) in [4.78, 5) is 33.7. The minimum absolute atomic E-state index is 0.213. The quantitative estimate of drug-likeness (QED) is 0.480. The second-order valence-corrected chi connectivity index (χ2v) is 4.99. The largest absolute Gasteiger partial charge is 0.298 e. The molecule has 98 valence electrons. The highest BCUT2D eigenvalue weighted by Gasteiger charge is 2.31. The molecular weight excluding hydrogens is 274 g/mol. The third-order valence-corrected chi connectivity index (χ3v) is 3.42. The second-order valence-electron chi connectivity index (χ2n) is 3.63. The minimum atomic E-state index is -4.77. The molecule has 0 spiro atoms. The zero-order valence-corrected chi connectivity index (χ0v) is 10.1. The molecule has 0 fully saturated rings. The summed E-state index contributed by atoms with van der Waals surface area (Å²) in [5.74, 6) is -1.50. The summed E-state index contributed by atoms with van der Waals surface area (Å²) < 4.78 is 31.8. The van der Waals surface area contributed by atoms with Gasteiger partial charge in [-0.3, -0.25) is 18.9 Å². The van der Waals surface area contributed by atoms with Crippen molar-refractivity contribution in [2.24, 2.45) is 0 Å². The minimum Gasteiger partial charge on any atom is -0.298 e. The van der Waals surface area contributed by atoms with Gasteiger partial charge in [-0.25, -0.2) is 4.90 Å². The summed E-state index contributed by atoms with van der Waals surface area (Å²) in [6, 6.07) is 3.60. The molecule has 7 nitrogen and oxygen atoms in total. The molecule has 0 aliphatic carbocycles. The number of imide groups is 1. The van der Waals surface area contributed by atoms with Gasteiger partial charge in [0.2, 0.25) is 0 Å². The van der Waals surface area contributed by atoms with Crippen molar-refractivity contribution in [2.45, 2.75) is 4.90 Å². The summed E-state index contributed by atoms with van der Waals surface area (Å²) in [6.07, 6.45) is 2.14. The average molecular weight is 281 g/mol. The van der Waals surface area contributed by atoms with Gasteiger partial charge in [-0.1, -0.05) is 12.1 Å². The molecule has 0 saturated heterocycles. The standard InChI is InChI=1S/C11H7NO6S/c13-6-7-2-1-3-8(11(7)19(16,17)18)12-9(14)4-5-10(12)15/h1-6H,(H,16,17,18). The van der Waals surface area contributed by atoms with E-state index in [0.29, 0.717) is 4.90 Å². The van der Waals surface area contributed by atoms with E-state index in [-0.39, 0.29) is 17.5 Å². The Kier molecular flexibility index (Phi) is 3.05. The first-order valence-electron chi connectivity index (χ1n) is 4.98. The lowest BCUT2D eigenvalue weighted by atomic mass is 10.2. The Balaban J connectivity index is 2.75. The maximum absolute atomic E-state index is 11.5. The Labute approximate surface area is 107 Å². The van der Waals surface area contributed by atoms with Crippen molar-refractivity contribution in [3.05, 3.63) is 35.9 Å². The highest BCUT2D eigenvalue weighted by Crippen LogP contribution is 2.29. The Morgan fingerprint density at radius 2 is 1.68 bits per heavy atom. The van der Waals surface area contributed by atoms with E-state index >= 15 is 0 Å². The lowest BCUT2D eigenvalue weighted by molar-refractivity contribution is -0.120. The van der Waals surface area contributed by atoms with Crippen LogP contribution >= 0.6 is 0 Å². The van der Waals surface area contributed by atoms with E-state index in [1.807, 2.05) is 0 Å². The first kappa shape index (κ1) is 13.1. The summed E-state index contributed by atoms with van der Waals surface area (Å²) in [5, 5.41) is 0. The fraction of sp³-hybridized carbons (Fsp3) is 0. The van der Waals surface area contributed by atoms with Gasteiger partial charge in [-0.15, -0.1) is 0 Å². The van der Waals surface area contributed by atoms with Gasteiger partial charge in [-0.2, -0.15) is 8.42 Å². The highest BCUT2D eigenvalue weighted by molar-refractivity contribution is 7.86. The van der Waals surface area contributed by atoms with Crippen LogP contribution in [-0.2, 0) is 19.7 Å². The number of nitrogens with zero attached hydrogens (tertiary/aromatic N) is 1. The van der Waals surface area contributed by atoms with Crippen molar-refractivity contribution in [2.75, 3.05) is 4.90 Å². The monoisotopic (exact) mass is 281 g/mol. The number of anilines is 1. The van der Waals surface area contributed by atoms with Crippen LogP contribution in [0.4, 0.5) is 5.69 Å². The molecule has 8 heteroatoms. The molecule has 0 unspecified atom stereocenters. The van der Waals surface area contributed by atoms with Crippen LogP contribution in [-0.4, -0.2) is 31.1 Å². The molecule has 1 N–H and O–H groups in total. The van der Waals surface area contributed by atoms with Crippen LogP contribution in [0.5, 0.6) is 0 Å². The SMILES string of the molecule is O=Cc1cccc(N2C(=O)C=CC2=O)c1S(=O)(=O)O. The zero-order chi connectivity index (χ0) is 14.2. The third-order valence-electron chi connectivity index (χ3n) is 2.46. The van der Waals surface area contributed by atoms with Crippen LogP contribution < -0.4 is 4.90 Å². The van der Waals surface area contributed by atoms with E-state index in [4.69, 9.17) is 4.55 Å². The second kappa shape index (κ2) is 4.41. The fourth-order valence-corrected chi connectivity index (χ4v) is 2.57. The van der Waals surface area contributed by atoms with Crippen LogP contribution in [0.25, 0.3) is 0 Å². The van der Waals surface area contributed by atoms with E-state index in [0.717, 1.165) is 24.3 Å². The maximum atomic E-state index is 11.5. The van der Waals surface area contributed by atoms with E-state index in [9.17, 15) is 22.8 Å². The molecule has 1 aliphatic rings. The number of hydrogen-bond donors (Lipinski definition) is 1. The fourth-order valence-electron chi connectivity index (χ4n) is 1.73. The van der Waals surface area contributed by atoms with Gasteiger partial charge in [0.15, 0.2) is 6.29 Å². The van der Waals surface area contributed by atoms with Gasteiger partial charge in [0.05, 0.1) is 5.69 Å². The van der Waals surface area contributed by atoms with Crippen molar-refractivity contribution in [3.63, 3.8) is 0 Å². The highest BCUT2D eigenvalue weighted by atomic mass is 32.2. The number of amides is 2. The lowest BCUT2D eigenvalue weighted by Gasteiger charge is -2.17. The molecule has 2 amide bonds. The molecule has 1 aromatic rings. The van der Waals surface area contributed by atoms with E-state index < -0.39 is 26.8 Å². The molecule has 1 aliphatic heterocycles. The van der Waals surface area contributed by atoms with Gasteiger partial charge in [0, 0.05) is 17.7 Å². The molecule has 1 heterocycles. The van der Waals surface area contributed by atoms with Crippen LogP contribution in [0.3, 0.4) is 0 Å². The predicted octanol–water partition coefficient (Wildman–Crippen LogP) is 0.175. The number of carbonyl (C=O) groups is 3. The predicted molar refractivity (Wildman–Crippen MR) is 63.3 cm³/mol. The molecule has 0 aromatic heterocycles. The number of rotatable bonds is 3. The van der Waals surface area contributed by atoms with Crippen molar-refractivity contribution >= 4 is 33.9 Å². The number of benzene rings is 1. The molecule has 0 bridgehead atoms. The Morgan fingerprint density at radius 1 is 1.11 bits per heavy atom. The summed E-state index contributed by atoms with van der Waals surface area (Å²) in [5.41, 5.74) is -0.695. The van der Waals surface area contributed by atoms with E-state index in [1.165, 1.54) is 6.07 Å². The number of aldehydes is 1. The van der Waals surface area contributed by atoms with Crippen LogP contribution in [0, 0.1) is 0 Å². The molecular formula is C11H7NO6S. The molecule has 0 saturated carbocycles. The van der Waals surface area contributed by atoms with E-state index in [1.54, 1.807) is 0 Å². The van der Waals surface area contributed by atoms with Crippen molar-refractivity contribution < 1.29 is 27.4 Å². The van der Waals surface area contributed by atoms with Gasteiger partial charge in [0.25, 0.3) is 21.9 Å².